The Morgan fingerprint density at radius 3 is 2.48 bits per heavy atom. The molecule has 0 aliphatic heterocycles. The monoisotopic (exact) mass is 392 g/mol. The van der Waals surface area contributed by atoms with E-state index in [4.69, 9.17) is 20.2 Å². The van der Waals surface area contributed by atoms with Crippen molar-refractivity contribution in [2.45, 2.75) is 12.8 Å². The van der Waals surface area contributed by atoms with Gasteiger partial charge in [0, 0.05) is 24.2 Å². The average molecular weight is 392 g/mol. The molecule has 4 aromatic rings. The normalized spacial score (nSPS) is 11.1. The highest BCUT2D eigenvalue weighted by Gasteiger charge is 2.18. The number of nitrogens with one attached hydrogen (secondary N) is 1. The Morgan fingerprint density at radius 1 is 1.00 bits per heavy atom. The first kappa shape index (κ1) is 18.9. The third kappa shape index (κ3) is 3.54. The van der Waals surface area contributed by atoms with E-state index in [1.165, 1.54) is 0 Å². The summed E-state index contributed by atoms with van der Waals surface area (Å²) in [5, 5.41) is 12.3. The first-order valence-electron chi connectivity index (χ1n) is 9.57. The molecule has 0 spiro atoms. The van der Waals surface area contributed by atoms with Gasteiger partial charge in [0.2, 0.25) is 5.65 Å². The van der Waals surface area contributed by atoms with Crippen molar-refractivity contribution in [3.05, 3.63) is 42.5 Å². The van der Waals surface area contributed by atoms with Gasteiger partial charge in [0.1, 0.15) is 0 Å². The molecule has 150 valence electrons. The number of nitrogens with zero attached hydrogens (tertiary/aromatic N) is 4. The van der Waals surface area contributed by atoms with Gasteiger partial charge in [-0.2, -0.15) is 0 Å². The average Bonchev–Trinajstić information content (AvgIpc) is 3.22. The first-order valence-corrected chi connectivity index (χ1v) is 9.57. The lowest BCUT2D eigenvalue weighted by Crippen LogP contribution is -2.09. The molecule has 0 radical (unpaired) electrons. The van der Waals surface area contributed by atoms with Crippen LogP contribution in [-0.2, 0) is 0 Å². The minimum atomic E-state index is 0.621. The van der Waals surface area contributed by atoms with Crippen molar-refractivity contribution in [2.24, 2.45) is 5.73 Å². The number of methoxy groups -OCH3 is 2. The summed E-state index contributed by atoms with van der Waals surface area (Å²) in [5.41, 5.74) is 8.84. The molecule has 0 saturated heterocycles. The highest BCUT2D eigenvalue weighted by molar-refractivity contribution is 5.87. The van der Waals surface area contributed by atoms with Gasteiger partial charge in [0.05, 0.1) is 25.3 Å². The molecule has 0 fully saturated rings. The molecule has 2 aromatic carbocycles. The number of benzene rings is 2. The highest BCUT2D eigenvalue weighted by Crippen LogP contribution is 2.34. The second kappa shape index (κ2) is 8.32. The molecule has 29 heavy (non-hydrogen) atoms. The van der Waals surface area contributed by atoms with E-state index in [0.29, 0.717) is 29.5 Å². The summed E-state index contributed by atoms with van der Waals surface area (Å²) >= 11 is 0. The van der Waals surface area contributed by atoms with Crippen LogP contribution in [0.2, 0.25) is 0 Å². The Morgan fingerprint density at radius 2 is 1.76 bits per heavy atom. The molecule has 0 atom stereocenters. The van der Waals surface area contributed by atoms with Crippen LogP contribution in [0.25, 0.3) is 28.1 Å². The summed E-state index contributed by atoms with van der Waals surface area (Å²) in [4.78, 5) is 4.79. The van der Waals surface area contributed by atoms with Crippen LogP contribution < -0.4 is 20.5 Å². The van der Waals surface area contributed by atoms with Crippen molar-refractivity contribution in [3.8, 4) is 22.9 Å². The maximum atomic E-state index is 5.60. The third-order valence-corrected chi connectivity index (χ3v) is 4.78. The van der Waals surface area contributed by atoms with Gasteiger partial charge in [-0.05, 0) is 19.4 Å². The predicted octanol–water partition coefficient (Wildman–Crippen LogP) is 3.11. The van der Waals surface area contributed by atoms with Gasteiger partial charge < -0.3 is 20.5 Å². The van der Waals surface area contributed by atoms with Gasteiger partial charge in [-0.25, -0.2) is 4.98 Å². The molecule has 8 nitrogen and oxygen atoms in total. The molecular formula is C21H24N6O2. The number of unbranched alkanes of at least 4 members (excludes halogenated alkanes) is 1. The third-order valence-electron chi connectivity index (χ3n) is 4.78. The summed E-state index contributed by atoms with van der Waals surface area (Å²) < 4.78 is 13.0. The standard InChI is InChI=1S/C21H24N6O2/c1-28-17-12-15-16(13-18(17)29-2)27-20(14-8-4-3-5-9-14)25-26-21(27)19(24-15)23-11-7-6-10-22/h3-5,8-9,12-13H,6-7,10-11,22H2,1-2H3,(H,23,24). The molecule has 0 bridgehead atoms. The zero-order chi connectivity index (χ0) is 20.2. The van der Waals surface area contributed by atoms with E-state index < -0.39 is 0 Å². The fourth-order valence-corrected chi connectivity index (χ4v) is 3.33. The van der Waals surface area contributed by atoms with Crippen molar-refractivity contribution < 1.29 is 9.47 Å². The van der Waals surface area contributed by atoms with Crippen molar-refractivity contribution in [3.63, 3.8) is 0 Å². The second-order valence-corrected chi connectivity index (χ2v) is 6.63. The summed E-state index contributed by atoms with van der Waals surface area (Å²) in [6, 6.07) is 13.7. The Balaban J connectivity index is 1.95. The maximum absolute atomic E-state index is 5.60. The largest absolute Gasteiger partial charge is 0.493 e. The number of ether oxygens (including phenoxy) is 2. The smallest absolute Gasteiger partial charge is 0.204 e. The van der Waals surface area contributed by atoms with Crippen LogP contribution in [0.15, 0.2) is 42.5 Å². The maximum Gasteiger partial charge on any atom is 0.204 e. The number of hydrogen-bond donors (Lipinski definition) is 2. The quantitative estimate of drug-likeness (QED) is 0.444. The van der Waals surface area contributed by atoms with Crippen LogP contribution >= 0.6 is 0 Å². The van der Waals surface area contributed by atoms with Gasteiger partial charge in [-0.3, -0.25) is 4.40 Å². The van der Waals surface area contributed by atoms with Gasteiger partial charge in [0.25, 0.3) is 0 Å². The van der Waals surface area contributed by atoms with E-state index >= 15 is 0 Å². The molecule has 3 N–H and O–H groups in total. The molecule has 0 aliphatic carbocycles. The lowest BCUT2D eigenvalue weighted by Gasteiger charge is -2.13. The molecule has 8 heteroatoms. The van der Waals surface area contributed by atoms with Crippen LogP contribution in [0.4, 0.5) is 5.82 Å². The summed E-state index contributed by atoms with van der Waals surface area (Å²) in [6.45, 7) is 1.43. The van der Waals surface area contributed by atoms with E-state index in [2.05, 4.69) is 15.5 Å². The molecule has 0 aliphatic rings. The minimum Gasteiger partial charge on any atom is -0.493 e. The SMILES string of the molecule is COc1cc2nc(NCCCCN)c3nnc(-c4ccccc4)n3c2cc1OC. The van der Waals surface area contributed by atoms with Gasteiger partial charge in [-0.15, -0.1) is 10.2 Å². The topological polar surface area (TPSA) is 99.6 Å². The molecule has 2 aromatic heterocycles. The van der Waals surface area contributed by atoms with Crippen LogP contribution in [0.5, 0.6) is 11.5 Å². The fraction of sp³-hybridized carbons (Fsp3) is 0.286. The zero-order valence-corrected chi connectivity index (χ0v) is 16.6. The van der Waals surface area contributed by atoms with Crippen LogP contribution in [-0.4, -0.2) is 46.9 Å². The fourth-order valence-electron chi connectivity index (χ4n) is 3.33. The number of fused-ring (bicyclic) bond motifs is 3. The number of rotatable bonds is 8. The first-order chi connectivity index (χ1) is 14.3. The number of hydrogen-bond acceptors (Lipinski definition) is 7. The molecule has 0 unspecified atom stereocenters. The van der Waals surface area contributed by atoms with Gasteiger partial charge in [-0.1, -0.05) is 30.3 Å². The molecule has 2 heterocycles. The van der Waals surface area contributed by atoms with Crippen LogP contribution in [0, 0.1) is 0 Å². The van der Waals surface area contributed by atoms with E-state index in [9.17, 15) is 0 Å². The van der Waals surface area contributed by atoms with E-state index in [1.54, 1.807) is 14.2 Å². The molecule has 0 amide bonds. The van der Waals surface area contributed by atoms with Crippen molar-refractivity contribution in [1.82, 2.24) is 19.6 Å². The van der Waals surface area contributed by atoms with Crippen molar-refractivity contribution in [1.29, 1.82) is 0 Å². The van der Waals surface area contributed by atoms with Crippen LogP contribution in [0.1, 0.15) is 12.8 Å². The van der Waals surface area contributed by atoms with Crippen molar-refractivity contribution in [2.75, 3.05) is 32.6 Å². The zero-order valence-electron chi connectivity index (χ0n) is 16.6. The Labute approximate surface area is 168 Å². The lowest BCUT2D eigenvalue weighted by atomic mass is 10.2. The van der Waals surface area contributed by atoms with Gasteiger partial charge in [0.15, 0.2) is 23.1 Å². The number of aromatic nitrogens is 4. The van der Waals surface area contributed by atoms with E-state index in [-0.39, 0.29) is 0 Å². The summed E-state index contributed by atoms with van der Waals surface area (Å²) in [6.07, 6.45) is 1.90. The lowest BCUT2D eigenvalue weighted by molar-refractivity contribution is 0.355. The second-order valence-electron chi connectivity index (χ2n) is 6.63. The summed E-state index contributed by atoms with van der Waals surface area (Å²) in [5.74, 6) is 2.66. The molecular weight excluding hydrogens is 368 g/mol. The predicted molar refractivity (Wildman–Crippen MR) is 114 cm³/mol. The highest BCUT2D eigenvalue weighted by atomic mass is 16.5. The van der Waals surface area contributed by atoms with Crippen molar-refractivity contribution >= 4 is 22.5 Å². The van der Waals surface area contributed by atoms with Gasteiger partial charge >= 0.3 is 0 Å². The Kier molecular flexibility index (Phi) is 5.44. The summed E-state index contributed by atoms with van der Waals surface area (Å²) in [7, 11) is 3.23. The van der Waals surface area contributed by atoms with E-state index in [0.717, 1.165) is 41.8 Å². The minimum absolute atomic E-state index is 0.621. The number of anilines is 1. The molecule has 0 saturated carbocycles. The Bertz CT molecular complexity index is 1130. The van der Waals surface area contributed by atoms with Crippen LogP contribution in [0.3, 0.4) is 0 Å². The number of nitrogens with two attached hydrogens (primary N) is 1. The van der Waals surface area contributed by atoms with E-state index in [1.807, 2.05) is 46.9 Å². The Hall–Kier alpha value is -3.39. The molecule has 4 rings (SSSR count).